The van der Waals surface area contributed by atoms with Gasteiger partial charge in [-0.1, -0.05) is 41.4 Å². The summed E-state index contributed by atoms with van der Waals surface area (Å²) in [6.45, 7) is 2.37. The molecule has 2 aromatic carbocycles. The quantitative estimate of drug-likeness (QED) is 0.481. The van der Waals surface area contributed by atoms with E-state index in [9.17, 15) is 9.59 Å². The zero-order valence-corrected chi connectivity index (χ0v) is 18.0. The summed E-state index contributed by atoms with van der Waals surface area (Å²) in [5, 5.41) is 5.87. The number of nitrogens with two attached hydrogens (primary N) is 1. The van der Waals surface area contributed by atoms with Crippen LogP contribution in [0.25, 0.3) is 0 Å². The Morgan fingerprint density at radius 1 is 1.20 bits per heavy atom. The van der Waals surface area contributed by atoms with E-state index in [1.165, 1.54) is 6.92 Å². The molecule has 0 bridgehead atoms. The average molecular weight is 448 g/mol. The summed E-state index contributed by atoms with van der Waals surface area (Å²) in [7, 11) is 0. The van der Waals surface area contributed by atoms with Gasteiger partial charge in [0.25, 0.3) is 0 Å². The van der Waals surface area contributed by atoms with Gasteiger partial charge >= 0.3 is 0 Å². The van der Waals surface area contributed by atoms with Gasteiger partial charge in [0.1, 0.15) is 6.04 Å². The minimum atomic E-state index is -0.290. The third-order valence-corrected chi connectivity index (χ3v) is 5.33. The fraction of sp³-hybridized carbons (Fsp3) is 0.286. The second kappa shape index (κ2) is 9.82. The zero-order valence-electron chi connectivity index (χ0n) is 16.5. The Morgan fingerprint density at radius 2 is 1.87 bits per heavy atom. The Morgan fingerprint density at radius 3 is 2.50 bits per heavy atom. The largest absolute Gasteiger partial charge is 0.370 e. The Hall–Kier alpha value is -2.77. The molecular formula is C21H23Cl2N5O2. The maximum Gasteiger partial charge on any atom is 0.249 e. The normalized spacial score (nSPS) is 16.4. The van der Waals surface area contributed by atoms with Gasteiger partial charge in [-0.15, -0.1) is 0 Å². The van der Waals surface area contributed by atoms with Gasteiger partial charge < -0.3 is 16.0 Å². The highest BCUT2D eigenvalue weighted by Gasteiger charge is 2.31. The molecule has 0 radical (unpaired) electrons. The Bertz CT molecular complexity index is 942. The monoisotopic (exact) mass is 447 g/mol. The first kappa shape index (κ1) is 21.9. The van der Waals surface area contributed by atoms with E-state index >= 15 is 0 Å². The van der Waals surface area contributed by atoms with E-state index in [4.69, 9.17) is 28.9 Å². The molecule has 30 heavy (non-hydrogen) atoms. The molecule has 2 aromatic rings. The topological polar surface area (TPSA) is 99.8 Å². The van der Waals surface area contributed by atoms with E-state index in [2.05, 4.69) is 20.5 Å². The third-order valence-electron chi connectivity index (χ3n) is 4.73. The van der Waals surface area contributed by atoms with Crippen LogP contribution in [0.15, 0.2) is 47.5 Å². The molecule has 0 aliphatic carbocycles. The van der Waals surface area contributed by atoms with Gasteiger partial charge in [0.05, 0.1) is 22.3 Å². The fourth-order valence-corrected chi connectivity index (χ4v) is 4.03. The van der Waals surface area contributed by atoms with Crippen molar-refractivity contribution < 1.29 is 9.59 Å². The molecular weight excluding hydrogens is 425 g/mol. The van der Waals surface area contributed by atoms with Crippen molar-refractivity contribution in [2.24, 2.45) is 10.7 Å². The Balaban J connectivity index is 1.64. The maximum atomic E-state index is 12.7. The van der Waals surface area contributed by atoms with Crippen LogP contribution in [0.2, 0.25) is 10.0 Å². The van der Waals surface area contributed by atoms with Crippen molar-refractivity contribution in [1.82, 2.24) is 5.32 Å². The van der Waals surface area contributed by atoms with Gasteiger partial charge in [-0.05, 0) is 42.7 Å². The van der Waals surface area contributed by atoms with Crippen LogP contribution in [0.5, 0.6) is 0 Å². The smallest absolute Gasteiger partial charge is 0.249 e. The summed E-state index contributed by atoms with van der Waals surface area (Å²) in [6.07, 6.45) is 1.69. The molecule has 1 saturated heterocycles. The summed E-state index contributed by atoms with van der Waals surface area (Å²) in [6, 6.07) is 12.8. The number of carbonyl (C=O) groups excluding carboxylic acids is 2. The molecule has 4 N–H and O–H groups in total. The zero-order chi connectivity index (χ0) is 21.7. The van der Waals surface area contributed by atoms with E-state index in [0.29, 0.717) is 21.3 Å². The number of hydrogen-bond acceptors (Lipinski definition) is 4. The van der Waals surface area contributed by atoms with Gasteiger partial charge in [-0.2, -0.15) is 0 Å². The number of aliphatic imine (C=N–C) groups is 1. The first-order valence-corrected chi connectivity index (χ1v) is 10.3. The molecule has 3 rings (SSSR count). The second-order valence-electron chi connectivity index (χ2n) is 6.99. The second-order valence-corrected chi connectivity index (χ2v) is 7.81. The summed E-state index contributed by atoms with van der Waals surface area (Å²) in [5.74, 6) is -0.430. The standard InChI is InChI=1S/C21H23Cl2N5O2/c1-13(29)26-19-16(22)10-14(11-17(19)23)12-25-21(24)27-20(30)18-8-5-9-28(18)15-6-3-2-4-7-15/h2-4,6-7,10-11,18H,5,8-9,12H2,1H3,(H,26,29)(H3,24,25,27,30)/t18-/m1/s1. The number of halogens is 2. The van der Waals surface area contributed by atoms with Crippen LogP contribution in [-0.2, 0) is 16.1 Å². The molecule has 9 heteroatoms. The summed E-state index contributed by atoms with van der Waals surface area (Å²) < 4.78 is 0. The highest BCUT2D eigenvalue weighted by molar-refractivity contribution is 6.39. The van der Waals surface area contributed by atoms with E-state index in [0.717, 1.165) is 25.1 Å². The number of nitrogens with zero attached hydrogens (tertiary/aromatic N) is 2. The third kappa shape index (κ3) is 5.43. The van der Waals surface area contributed by atoms with Crippen LogP contribution in [-0.4, -0.2) is 30.4 Å². The number of rotatable bonds is 5. The number of nitrogens with one attached hydrogen (secondary N) is 2. The predicted octanol–water partition coefficient (Wildman–Crippen LogP) is 3.55. The van der Waals surface area contributed by atoms with Crippen LogP contribution in [0, 0.1) is 0 Å². The number of hydrogen-bond donors (Lipinski definition) is 3. The minimum absolute atomic E-state index is 0.0260. The SMILES string of the molecule is CC(=O)Nc1c(Cl)cc(CN=C(N)NC(=O)[C@H]2CCCN2c2ccccc2)cc1Cl. The number of amides is 2. The van der Waals surface area contributed by atoms with E-state index in [1.807, 2.05) is 30.3 Å². The molecule has 1 heterocycles. The lowest BCUT2D eigenvalue weighted by molar-refractivity contribution is -0.120. The average Bonchev–Trinajstić information content (AvgIpc) is 3.20. The van der Waals surface area contributed by atoms with Crippen molar-refractivity contribution in [2.45, 2.75) is 32.4 Å². The molecule has 0 unspecified atom stereocenters. The van der Waals surface area contributed by atoms with Gasteiger partial charge in [-0.3, -0.25) is 14.9 Å². The predicted molar refractivity (Wildman–Crippen MR) is 121 cm³/mol. The van der Waals surface area contributed by atoms with Crippen molar-refractivity contribution in [3.8, 4) is 0 Å². The summed E-state index contributed by atoms with van der Waals surface area (Å²) >= 11 is 12.4. The molecule has 1 aliphatic heterocycles. The van der Waals surface area contributed by atoms with Crippen molar-refractivity contribution >= 4 is 52.4 Å². The Kier molecular flexibility index (Phi) is 7.18. The van der Waals surface area contributed by atoms with Crippen LogP contribution >= 0.6 is 23.2 Å². The molecule has 0 saturated carbocycles. The highest BCUT2D eigenvalue weighted by Crippen LogP contribution is 2.32. The Labute approximate surface area is 185 Å². The van der Waals surface area contributed by atoms with Crippen LogP contribution in [0.1, 0.15) is 25.3 Å². The summed E-state index contributed by atoms with van der Waals surface area (Å²) in [5.41, 5.74) is 7.98. The lowest BCUT2D eigenvalue weighted by Crippen LogP contribution is -2.48. The molecule has 7 nitrogen and oxygen atoms in total. The first-order valence-electron chi connectivity index (χ1n) is 9.53. The lowest BCUT2D eigenvalue weighted by Gasteiger charge is -2.25. The van der Waals surface area contributed by atoms with Crippen molar-refractivity contribution in [1.29, 1.82) is 0 Å². The van der Waals surface area contributed by atoms with Crippen LogP contribution < -0.4 is 21.3 Å². The molecule has 1 aliphatic rings. The van der Waals surface area contributed by atoms with Crippen molar-refractivity contribution in [3.63, 3.8) is 0 Å². The van der Waals surface area contributed by atoms with Crippen molar-refractivity contribution in [2.75, 3.05) is 16.8 Å². The van der Waals surface area contributed by atoms with Gasteiger partial charge in [0.15, 0.2) is 5.96 Å². The maximum absolute atomic E-state index is 12.7. The fourth-order valence-electron chi connectivity index (χ4n) is 3.41. The van der Waals surface area contributed by atoms with Gasteiger partial charge in [-0.25, -0.2) is 4.99 Å². The molecule has 2 amide bonds. The van der Waals surface area contributed by atoms with Crippen LogP contribution in [0.3, 0.4) is 0 Å². The number of anilines is 2. The molecule has 0 aromatic heterocycles. The van der Waals surface area contributed by atoms with Gasteiger partial charge in [0.2, 0.25) is 11.8 Å². The van der Waals surface area contributed by atoms with E-state index < -0.39 is 0 Å². The number of benzene rings is 2. The van der Waals surface area contributed by atoms with Crippen LogP contribution in [0.4, 0.5) is 11.4 Å². The number of guanidine groups is 1. The molecule has 1 atom stereocenters. The minimum Gasteiger partial charge on any atom is -0.370 e. The summed E-state index contributed by atoms with van der Waals surface area (Å²) in [4.78, 5) is 30.2. The highest BCUT2D eigenvalue weighted by atomic mass is 35.5. The van der Waals surface area contributed by atoms with E-state index in [1.54, 1.807) is 12.1 Å². The van der Waals surface area contributed by atoms with Crippen molar-refractivity contribution in [3.05, 3.63) is 58.1 Å². The number of carbonyl (C=O) groups is 2. The molecule has 0 spiro atoms. The number of para-hydroxylation sites is 1. The lowest BCUT2D eigenvalue weighted by atomic mass is 10.2. The van der Waals surface area contributed by atoms with E-state index in [-0.39, 0.29) is 30.4 Å². The molecule has 1 fully saturated rings. The molecule has 158 valence electrons. The van der Waals surface area contributed by atoms with Gasteiger partial charge in [0, 0.05) is 19.2 Å². The first-order chi connectivity index (χ1) is 14.3.